The summed E-state index contributed by atoms with van der Waals surface area (Å²) in [5.74, 6) is -0.215. The van der Waals surface area contributed by atoms with Crippen molar-refractivity contribution in [1.82, 2.24) is 0 Å². The summed E-state index contributed by atoms with van der Waals surface area (Å²) in [4.78, 5) is 0. The number of hydrogen-bond donors (Lipinski definition) is 0. The van der Waals surface area contributed by atoms with E-state index in [0.29, 0.717) is 4.47 Å². The summed E-state index contributed by atoms with van der Waals surface area (Å²) in [5.41, 5.74) is 0. The summed E-state index contributed by atoms with van der Waals surface area (Å²) in [5, 5.41) is 14.5. The van der Waals surface area contributed by atoms with E-state index in [2.05, 4.69) is 15.9 Å². The lowest BCUT2D eigenvalue weighted by atomic mass is 10.4. The summed E-state index contributed by atoms with van der Waals surface area (Å²) >= 11 is 3.02. The maximum atomic E-state index is 12.3. The number of halogens is 2. The van der Waals surface area contributed by atoms with Gasteiger partial charge >= 0.3 is 0 Å². The molecule has 0 aliphatic rings. The van der Waals surface area contributed by atoms with Crippen molar-refractivity contribution >= 4 is 15.9 Å². The van der Waals surface area contributed by atoms with Crippen molar-refractivity contribution in [2.75, 3.05) is 0 Å². The quantitative estimate of drug-likeness (QED) is 0.683. The summed E-state index contributed by atoms with van der Waals surface area (Å²) in [6.07, 6.45) is 0. The molecular formula is C8H4BrFN2. The van der Waals surface area contributed by atoms with Gasteiger partial charge in [0.2, 0.25) is 0 Å². The van der Waals surface area contributed by atoms with E-state index in [0.717, 1.165) is 0 Å². The molecule has 0 heterocycles. The summed E-state index contributed by atoms with van der Waals surface area (Å²) in [7, 11) is 0. The Morgan fingerprint density at radius 3 is 1.92 bits per heavy atom. The highest BCUT2D eigenvalue weighted by Crippen LogP contribution is 2.12. The van der Waals surface area contributed by atoms with E-state index in [1.54, 1.807) is 18.2 Å². The smallest absolute Gasteiger partial charge is 0.181 e. The largest absolute Gasteiger partial charge is 0.206 e. The van der Waals surface area contributed by atoms with Crippen molar-refractivity contribution in [2.45, 2.75) is 0 Å². The molecule has 0 aliphatic heterocycles. The molecule has 0 bridgehead atoms. The van der Waals surface area contributed by atoms with Gasteiger partial charge in [-0.15, -0.1) is 0 Å². The number of rotatable bonds is 0. The zero-order chi connectivity index (χ0) is 9.40. The van der Waals surface area contributed by atoms with Gasteiger partial charge in [-0.2, -0.15) is 10.5 Å². The lowest BCUT2D eigenvalue weighted by Crippen LogP contribution is -1.70. The topological polar surface area (TPSA) is 47.6 Å². The van der Waals surface area contributed by atoms with Crippen LogP contribution in [0, 0.1) is 28.5 Å². The minimum absolute atomic E-state index is 0.215. The average Bonchev–Trinajstić information content (AvgIpc) is 2.11. The molecule has 0 aromatic heterocycles. The SMILES string of the molecule is Fc1ccccc1Br.N#CC#N. The zero-order valence-corrected chi connectivity index (χ0v) is 7.55. The Kier molecular flexibility index (Phi) is 5.60. The predicted octanol–water partition coefficient (Wildman–Crippen LogP) is 2.62. The third kappa shape index (κ3) is 4.43. The molecule has 1 aromatic carbocycles. The Hall–Kier alpha value is -1.39. The molecule has 2 nitrogen and oxygen atoms in total. The molecule has 0 atom stereocenters. The normalized spacial score (nSPS) is 7.00. The summed E-state index contributed by atoms with van der Waals surface area (Å²) in [6.45, 7) is 0. The van der Waals surface area contributed by atoms with Gasteiger partial charge in [0.05, 0.1) is 4.47 Å². The van der Waals surface area contributed by atoms with Gasteiger partial charge in [0.25, 0.3) is 0 Å². The van der Waals surface area contributed by atoms with Crippen LogP contribution in [0.3, 0.4) is 0 Å². The van der Waals surface area contributed by atoms with Gasteiger partial charge < -0.3 is 0 Å². The molecule has 0 aliphatic carbocycles. The van der Waals surface area contributed by atoms with E-state index >= 15 is 0 Å². The standard InChI is InChI=1S/C6H4BrF.C2N2/c7-5-3-1-2-4-6(5)8;3-1-2-4/h1-4H;. The first-order chi connectivity index (χ1) is 5.72. The van der Waals surface area contributed by atoms with Crippen molar-refractivity contribution in [3.8, 4) is 12.1 Å². The van der Waals surface area contributed by atoms with Crippen LogP contribution < -0.4 is 0 Å². The molecule has 0 saturated heterocycles. The van der Waals surface area contributed by atoms with E-state index < -0.39 is 0 Å². The first kappa shape index (κ1) is 10.6. The minimum atomic E-state index is -0.215. The lowest BCUT2D eigenvalue weighted by Gasteiger charge is -1.87. The highest BCUT2D eigenvalue weighted by atomic mass is 79.9. The summed E-state index contributed by atoms with van der Waals surface area (Å²) in [6, 6.07) is 8.96. The van der Waals surface area contributed by atoms with Gasteiger partial charge in [0.15, 0.2) is 12.1 Å². The predicted molar refractivity (Wildman–Crippen MR) is 45.3 cm³/mol. The Bertz CT molecular complexity index is 292. The van der Waals surface area contributed by atoms with Gasteiger partial charge in [-0.25, -0.2) is 4.39 Å². The number of hydrogen-bond acceptors (Lipinski definition) is 2. The van der Waals surface area contributed by atoms with Crippen molar-refractivity contribution < 1.29 is 4.39 Å². The van der Waals surface area contributed by atoms with Crippen molar-refractivity contribution in [3.05, 3.63) is 34.6 Å². The van der Waals surface area contributed by atoms with Crippen LogP contribution in [-0.4, -0.2) is 0 Å². The monoisotopic (exact) mass is 226 g/mol. The molecule has 0 saturated carbocycles. The highest BCUT2D eigenvalue weighted by Gasteiger charge is 1.90. The second kappa shape index (κ2) is 6.33. The fraction of sp³-hybridized carbons (Fsp3) is 0. The molecular weight excluding hydrogens is 223 g/mol. The van der Waals surface area contributed by atoms with Crippen LogP contribution in [-0.2, 0) is 0 Å². The van der Waals surface area contributed by atoms with E-state index in [-0.39, 0.29) is 5.82 Å². The molecule has 0 radical (unpaired) electrons. The van der Waals surface area contributed by atoms with Crippen LogP contribution in [0.15, 0.2) is 28.7 Å². The van der Waals surface area contributed by atoms with Crippen molar-refractivity contribution in [3.63, 3.8) is 0 Å². The number of benzene rings is 1. The molecule has 60 valence electrons. The van der Waals surface area contributed by atoms with Crippen LogP contribution in [0.1, 0.15) is 0 Å². The Labute approximate surface area is 78.0 Å². The minimum Gasteiger partial charge on any atom is -0.206 e. The third-order valence-corrected chi connectivity index (χ3v) is 1.52. The molecule has 1 rings (SSSR count). The van der Waals surface area contributed by atoms with Gasteiger partial charge in [-0.3, -0.25) is 0 Å². The Balaban J connectivity index is 0.000000261. The van der Waals surface area contributed by atoms with E-state index in [1.807, 2.05) is 0 Å². The molecule has 0 unspecified atom stereocenters. The molecule has 0 amide bonds. The van der Waals surface area contributed by atoms with E-state index in [1.165, 1.54) is 18.2 Å². The van der Waals surface area contributed by atoms with Crippen LogP contribution in [0.25, 0.3) is 0 Å². The van der Waals surface area contributed by atoms with Gasteiger partial charge in [0, 0.05) is 0 Å². The summed E-state index contributed by atoms with van der Waals surface area (Å²) < 4.78 is 12.8. The van der Waals surface area contributed by atoms with Crippen LogP contribution >= 0.6 is 15.9 Å². The second-order valence-electron chi connectivity index (χ2n) is 1.64. The lowest BCUT2D eigenvalue weighted by molar-refractivity contribution is 0.621. The zero-order valence-electron chi connectivity index (χ0n) is 5.96. The molecule has 1 aromatic rings. The molecule has 12 heavy (non-hydrogen) atoms. The fourth-order valence-electron chi connectivity index (χ4n) is 0.439. The van der Waals surface area contributed by atoms with Gasteiger partial charge in [0.1, 0.15) is 5.82 Å². The first-order valence-corrected chi connectivity index (χ1v) is 3.70. The Morgan fingerprint density at radius 2 is 1.67 bits per heavy atom. The second-order valence-corrected chi connectivity index (χ2v) is 2.49. The third-order valence-electron chi connectivity index (χ3n) is 0.874. The maximum Gasteiger partial charge on any atom is 0.181 e. The average molecular weight is 227 g/mol. The molecule has 0 N–H and O–H groups in total. The maximum absolute atomic E-state index is 12.3. The van der Waals surface area contributed by atoms with Crippen LogP contribution in [0.2, 0.25) is 0 Å². The molecule has 4 heteroatoms. The van der Waals surface area contributed by atoms with Gasteiger partial charge in [-0.1, -0.05) is 12.1 Å². The van der Waals surface area contributed by atoms with Crippen LogP contribution in [0.5, 0.6) is 0 Å². The van der Waals surface area contributed by atoms with Crippen LogP contribution in [0.4, 0.5) is 4.39 Å². The highest BCUT2D eigenvalue weighted by molar-refractivity contribution is 9.10. The van der Waals surface area contributed by atoms with E-state index in [9.17, 15) is 4.39 Å². The number of nitrogens with zero attached hydrogens (tertiary/aromatic N) is 2. The Morgan fingerprint density at radius 1 is 1.17 bits per heavy atom. The fourth-order valence-corrected chi connectivity index (χ4v) is 0.724. The number of nitriles is 2. The molecule has 0 fully saturated rings. The van der Waals surface area contributed by atoms with Crippen molar-refractivity contribution in [2.24, 2.45) is 0 Å². The first-order valence-electron chi connectivity index (χ1n) is 2.90. The van der Waals surface area contributed by atoms with Crippen molar-refractivity contribution in [1.29, 1.82) is 10.5 Å². The van der Waals surface area contributed by atoms with E-state index in [4.69, 9.17) is 10.5 Å². The molecule has 0 spiro atoms. The van der Waals surface area contributed by atoms with Gasteiger partial charge in [-0.05, 0) is 28.1 Å².